The van der Waals surface area contributed by atoms with E-state index >= 15 is 0 Å². The molecule has 0 spiro atoms. The van der Waals surface area contributed by atoms with Crippen molar-refractivity contribution in [3.05, 3.63) is 35.4 Å². The highest BCUT2D eigenvalue weighted by atomic mass is 16.5. The molecule has 0 unspecified atom stereocenters. The molecule has 0 radical (unpaired) electrons. The molecule has 20 heavy (non-hydrogen) atoms. The maximum absolute atomic E-state index is 12.0. The molecule has 1 saturated carbocycles. The molecule has 0 aromatic heterocycles. The molecule has 4 nitrogen and oxygen atoms in total. The topological polar surface area (TPSA) is 62.1 Å². The van der Waals surface area contributed by atoms with Crippen LogP contribution in [0.15, 0.2) is 29.8 Å². The summed E-state index contributed by atoms with van der Waals surface area (Å²) in [5, 5.41) is 12.0. The van der Waals surface area contributed by atoms with Crippen molar-refractivity contribution in [1.82, 2.24) is 5.32 Å². The van der Waals surface area contributed by atoms with Crippen LogP contribution in [-0.4, -0.2) is 19.1 Å². The fourth-order valence-corrected chi connectivity index (χ4v) is 2.35. The van der Waals surface area contributed by atoms with E-state index in [1.165, 1.54) is 0 Å². The molecule has 1 amide bonds. The first-order valence-electron chi connectivity index (χ1n) is 6.79. The number of nitrogens with one attached hydrogen (secondary N) is 1. The standard InChI is InChI=1S/C16H18N2O2/c1-20-15-8-6-12(7-9-15)10-13(11-17)16(19)18-14-4-2-3-5-14/h6-10,14H,2-5H2,1H3,(H,18,19)/b13-10-. The number of rotatable bonds is 4. The molecule has 0 aliphatic heterocycles. The van der Waals surface area contributed by atoms with Crippen molar-refractivity contribution in [2.45, 2.75) is 31.7 Å². The van der Waals surface area contributed by atoms with Gasteiger partial charge in [-0.25, -0.2) is 0 Å². The number of carbonyl (C=O) groups excluding carboxylic acids is 1. The van der Waals surface area contributed by atoms with Crippen LogP contribution in [0.5, 0.6) is 5.75 Å². The number of methoxy groups -OCH3 is 1. The lowest BCUT2D eigenvalue weighted by Crippen LogP contribution is -2.33. The van der Waals surface area contributed by atoms with Crippen LogP contribution in [0.4, 0.5) is 0 Å². The van der Waals surface area contributed by atoms with Crippen LogP contribution >= 0.6 is 0 Å². The van der Waals surface area contributed by atoms with Crippen molar-refractivity contribution in [1.29, 1.82) is 5.26 Å². The highest BCUT2D eigenvalue weighted by Crippen LogP contribution is 2.18. The molecule has 2 rings (SSSR count). The monoisotopic (exact) mass is 270 g/mol. The predicted molar refractivity (Wildman–Crippen MR) is 77.0 cm³/mol. The maximum atomic E-state index is 12.0. The highest BCUT2D eigenvalue weighted by molar-refractivity contribution is 6.01. The largest absolute Gasteiger partial charge is 0.497 e. The van der Waals surface area contributed by atoms with Gasteiger partial charge in [0, 0.05) is 6.04 Å². The number of nitriles is 1. The van der Waals surface area contributed by atoms with E-state index in [4.69, 9.17) is 10.00 Å². The third-order valence-electron chi connectivity index (χ3n) is 3.48. The molecule has 0 bridgehead atoms. The second-order valence-corrected chi connectivity index (χ2v) is 4.90. The Hall–Kier alpha value is -2.28. The Balaban J connectivity index is 2.07. The predicted octanol–water partition coefficient (Wildman–Crippen LogP) is 2.66. The average molecular weight is 270 g/mol. The van der Waals surface area contributed by atoms with E-state index < -0.39 is 0 Å². The normalized spacial score (nSPS) is 15.7. The van der Waals surface area contributed by atoms with Crippen molar-refractivity contribution in [2.24, 2.45) is 0 Å². The minimum Gasteiger partial charge on any atom is -0.497 e. The number of ether oxygens (including phenoxy) is 1. The summed E-state index contributed by atoms with van der Waals surface area (Å²) in [4.78, 5) is 12.0. The minimum absolute atomic E-state index is 0.141. The molecule has 1 aromatic carbocycles. The number of nitrogens with zero attached hydrogens (tertiary/aromatic N) is 1. The molecule has 1 aliphatic carbocycles. The zero-order valence-electron chi connectivity index (χ0n) is 11.6. The summed E-state index contributed by atoms with van der Waals surface area (Å²) in [7, 11) is 1.60. The third-order valence-corrected chi connectivity index (χ3v) is 3.48. The van der Waals surface area contributed by atoms with Crippen LogP contribution in [0, 0.1) is 11.3 Å². The zero-order valence-corrected chi connectivity index (χ0v) is 11.6. The highest BCUT2D eigenvalue weighted by Gasteiger charge is 2.19. The smallest absolute Gasteiger partial charge is 0.262 e. The fourth-order valence-electron chi connectivity index (χ4n) is 2.35. The zero-order chi connectivity index (χ0) is 14.4. The van der Waals surface area contributed by atoms with E-state index in [0.29, 0.717) is 0 Å². The van der Waals surface area contributed by atoms with E-state index in [2.05, 4.69) is 5.32 Å². The van der Waals surface area contributed by atoms with Crippen molar-refractivity contribution >= 4 is 12.0 Å². The van der Waals surface area contributed by atoms with Gasteiger partial charge in [-0.1, -0.05) is 25.0 Å². The quantitative estimate of drug-likeness (QED) is 0.676. The number of amides is 1. The summed E-state index contributed by atoms with van der Waals surface area (Å²) >= 11 is 0. The SMILES string of the molecule is COc1ccc(/C=C(/C#N)C(=O)NC2CCCC2)cc1. The van der Waals surface area contributed by atoms with Crippen molar-refractivity contribution in [3.8, 4) is 11.8 Å². The van der Waals surface area contributed by atoms with Crippen LogP contribution < -0.4 is 10.1 Å². The maximum Gasteiger partial charge on any atom is 0.262 e. The molecule has 1 aromatic rings. The molecule has 1 fully saturated rings. The summed E-state index contributed by atoms with van der Waals surface area (Å²) in [6, 6.07) is 9.43. The first-order chi connectivity index (χ1) is 9.72. The lowest BCUT2D eigenvalue weighted by Gasteiger charge is -2.10. The van der Waals surface area contributed by atoms with Crippen molar-refractivity contribution in [2.75, 3.05) is 7.11 Å². The van der Waals surface area contributed by atoms with Gasteiger partial charge in [0.2, 0.25) is 0 Å². The van der Waals surface area contributed by atoms with Crippen molar-refractivity contribution < 1.29 is 9.53 Å². The van der Waals surface area contributed by atoms with Gasteiger partial charge in [0.15, 0.2) is 0 Å². The fraction of sp³-hybridized carbons (Fsp3) is 0.375. The molecule has 1 aliphatic rings. The number of benzene rings is 1. The lowest BCUT2D eigenvalue weighted by atomic mass is 10.1. The summed E-state index contributed by atoms with van der Waals surface area (Å²) in [5.41, 5.74) is 0.950. The second kappa shape index (κ2) is 6.76. The Labute approximate surface area is 119 Å². The van der Waals surface area contributed by atoms with E-state index in [0.717, 1.165) is 37.0 Å². The number of hydrogen-bond acceptors (Lipinski definition) is 3. The average Bonchev–Trinajstić information content (AvgIpc) is 2.98. The lowest BCUT2D eigenvalue weighted by molar-refractivity contribution is -0.117. The molecular weight excluding hydrogens is 252 g/mol. The van der Waals surface area contributed by atoms with Gasteiger partial charge in [-0.15, -0.1) is 0 Å². The Bertz CT molecular complexity index is 535. The number of carbonyl (C=O) groups is 1. The Morgan fingerprint density at radius 1 is 1.35 bits per heavy atom. The number of hydrogen-bond donors (Lipinski definition) is 1. The molecule has 4 heteroatoms. The van der Waals surface area contributed by atoms with Gasteiger partial charge in [-0.3, -0.25) is 4.79 Å². The minimum atomic E-state index is -0.282. The van der Waals surface area contributed by atoms with Gasteiger partial charge in [-0.2, -0.15) is 5.26 Å². The van der Waals surface area contributed by atoms with Crippen molar-refractivity contribution in [3.63, 3.8) is 0 Å². The Morgan fingerprint density at radius 3 is 2.55 bits per heavy atom. The molecule has 0 heterocycles. The summed E-state index contributed by atoms with van der Waals surface area (Å²) in [6.45, 7) is 0. The van der Waals surface area contributed by atoms with Crippen LogP contribution in [0.3, 0.4) is 0 Å². The van der Waals surface area contributed by atoms with Crippen LogP contribution in [0.1, 0.15) is 31.2 Å². The van der Waals surface area contributed by atoms with E-state index in [-0.39, 0.29) is 17.5 Å². The first kappa shape index (κ1) is 14.1. The summed E-state index contributed by atoms with van der Waals surface area (Å²) in [6.07, 6.45) is 5.91. The summed E-state index contributed by atoms with van der Waals surface area (Å²) < 4.78 is 5.07. The van der Waals surface area contributed by atoms with E-state index in [1.807, 2.05) is 18.2 Å². The molecular formula is C16H18N2O2. The van der Waals surface area contributed by atoms with Crippen LogP contribution in [-0.2, 0) is 4.79 Å². The Kier molecular flexibility index (Phi) is 4.78. The van der Waals surface area contributed by atoms with Crippen LogP contribution in [0.2, 0.25) is 0 Å². The van der Waals surface area contributed by atoms with Gasteiger partial charge in [0.25, 0.3) is 5.91 Å². The molecule has 0 saturated heterocycles. The van der Waals surface area contributed by atoms with Gasteiger partial charge in [-0.05, 0) is 36.6 Å². The van der Waals surface area contributed by atoms with Gasteiger partial charge in [0.05, 0.1) is 7.11 Å². The van der Waals surface area contributed by atoms with Gasteiger partial charge >= 0.3 is 0 Å². The van der Waals surface area contributed by atoms with Gasteiger partial charge in [0.1, 0.15) is 17.4 Å². The first-order valence-corrected chi connectivity index (χ1v) is 6.79. The second-order valence-electron chi connectivity index (χ2n) is 4.90. The molecule has 0 atom stereocenters. The van der Waals surface area contributed by atoms with Crippen LogP contribution in [0.25, 0.3) is 6.08 Å². The molecule has 1 N–H and O–H groups in total. The van der Waals surface area contributed by atoms with E-state index in [9.17, 15) is 4.79 Å². The summed E-state index contributed by atoms with van der Waals surface area (Å²) in [5.74, 6) is 0.464. The van der Waals surface area contributed by atoms with E-state index in [1.54, 1.807) is 25.3 Å². The molecule has 104 valence electrons. The Morgan fingerprint density at radius 2 is 2.00 bits per heavy atom. The van der Waals surface area contributed by atoms with Gasteiger partial charge < -0.3 is 10.1 Å². The third kappa shape index (κ3) is 3.61.